The van der Waals surface area contributed by atoms with E-state index in [1.807, 2.05) is 4.98 Å². The number of esters is 1. The van der Waals surface area contributed by atoms with Gasteiger partial charge in [-0.25, -0.2) is 9.36 Å². The number of nitrogens with one attached hydrogen (secondary N) is 2. The molecule has 2 heterocycles. The zero-order valence-electron chi connectivity index (χ0n) is 20.6. The molecule has 0 aliphatic carbocycles. The van der Waals surface area contributed by atoms with Crippen molar-refractivity contribution in [1.29, 1.82) is 0 Å². The summed E-state index contributed by atoms with van der Waals surface area (Å²) in [5.41, 5.74) is -3.97. The van der Waals surface area contributed by atoms with Gasteiger partial charge in [-0.2, -0.15) is 5.09 Å². The van der Waals surface area contributed by atoms with E-state index in [4.69, 9.17) is 18.5 Å². The zero-order valence-corrected chi connectivity index (χ0v) is 21.5. The number of hydrogen-bond acceptors (Lipinski definition) is 11. The Kier molecular flexibility index (Phi) is 8.44. The Hall–Kier alpha value is -2.84. The molecule has 1 fully saturated rings. The smallest absolute Gasteiger partial charge is 0.459 e. The molecule has 3 rings (SSSR count). The Morgan fingerprint density at radius 2 is 1.86 bits per heavy atom. The molecule has 1 aliphatic rings. The minimum absolute atomic E-state index is 0.0901. The number of aliphatic hydroxyl groups is 3. The number of benzene rings is 1. The molecular formula is C22H30N3O11P. The Bertz CT molecular complexity index is 1260. The molecule has 1 unspecified atom stereocenters. The SMILES string of the molecule is CC(C)OC(=O)C(C)N[P@@](=O)(OC[C@@]1(O)O[C@@H](n2ccc(=O)[nH]c2=O)[C@](C)(O)[C@@H]1O)Oc1ccccc1. The summed E-state index contributed by atoms with van der Waals surface area (Å²) in [5.74, 6) is -3.37. The van der Waals surface area contributed by atoms with Gasteiger partial charge in [-0.3, -0.25) is 23.7 Å². The molecule has 5 N–H and O–H groups in total. The maximum absolute atomic E-state index is 13.6. The molecule has 0 bridgehead atoms. The van der Waals surface area contributed by atoms with Crippen molar-refractivity contribution < 1.29 is 43.2 Å². The van der Waals surface area contributed by atoms with Crippen molar-refractivity contribution in [1.82, 2.24) is 14.6 Å². The molecule has 1 aliphatic heterocycles. The van der Waals surface area contributed by atoms with Gasteiger partial charge in [-0.15, -0.1) is 0 Å². The Labute approximate surface area is 211 Å². The van der Waals surface area contributed by atoms with Crippen molar-refractivity contribution in [2.45, 2.75) is 63.6 Å². The number of aromatic amines is 1. The van der Waals surface area contributed by atoms with Gasteiger partial charge in [0.2, 0.25) is 5.79 Å². The maximum atomic E-state index is 13.6. The van der Waals surface area contributed by atoms with Crippen LogP contribution in [0.3, 0.4) is 0 Å². The lowest BCUT2D eigenvalue weighted by Crippen LogP contribution is -2.52. The van der Waals surface area contributed by atoms with Crippen LogP contribution < -0.4 is 20.9 Å². The van der Waals surface area contributed by atoms with Gasteiger partial charge in [-0.05, 0) is 39.8 Å². The molecule has 0 saturated carbocycles. The van der Waals surface area contributed by atoms with Crippen LogP contribution in [0, 0.1) is 0 Å². The number of H-pyrrole nitrogens is 1. The van der Waals surface area contributed by atoms with E-state index in [1.54, 1.807) is 32.0 Å². The van der Waals surface area contributed by atoms with Crippen molar-refractivity contribution in [3.8, 4) is 5.75 Å². The van der Waals surface area contributed by atoms with Gasteiger partial charge in [-0.1, -0.05) is 18.2 Å². The minimum Gasteiger partial charge on any atom is -0.462 e. The van der Waals surface area contributed by atoms with E-state index in [2.05, 4.69) is 5.09 Å². The highest BCUT2D eigenvalue weighted by molar-refractivity contribution is 7.52. The molecule has 204 valence electrons. The number of aromatic nitrogens is 2. The quantitative estimate of drug-likeness (QED) is 0.199. The van der Waals surface area contributed by atoms with Crippen molar-refractivity contribution in [2.24, 2.45) is 0 Å². The lowest BCUT2D eigenvalue weighted by molar-refractivity contribution is -0.251. The summed E-state index contributed by atoms with van der Waals surface area (Å²) in [4.78, 5) is 37.9. The molecule has 0 radical (unpaired) electrons. The predicted octanol–water partition coefficient (Wildman–Crippen LogP) is -0.000700. The molecule has 2 aromatic rings. The fourth-order valence-electron chi connectivity index (χ4n) is 3.54. The Morgan fingerprint density at radius 3 is 2.46 bits per heavy atom. The summed E-state index contributed by atoms with van der Waals surface area (Å²) in [6.45, 7) is 4.66. The number of carbonyl (C=O) groups is 1. The number of nitrogens with zero attached hydrogens (tertiary/aromatic N) is 1. The van der Waals surface area contributed by atoms with Crippen LogP contribution in [0.2, 0.25) is 0 Å². The number of rotatable bonds is 10. The second-order valence-corrected chi connectivity index (χ2v) is 10.7. The molecule has 6 atom stereocenters. The number of hydrogen-bond donors (Lipinski definition) is 5. The second kappa shape index (κ2) is 10.9. The summed E-state index contributed by atoms with van der Waals surface area (Å²) >= 11 is 0. The van der Waals surface area contributed by atoms with Crippen LogP contribution in [0.5, 0.6) is 5.75 Å². The van der Waals surface area contributed by atoms with E-state index < -0.39 is 67.4 Å². The highest BCUT2D eigenvalue weighted by Gasteiger charge is 2.62. The highest BCUT2D eigenvalue weighted by atomic mass is 31.2. The summed E-state index contributed by atoms with van der Waals surface area (Å²) in [7, 11) is -4.47. The molecular weight excluding hydrogens is 513 g/mol. The topological polar surface area (TPSA) is 199 Å². The largest absolute Gasteiger partial charge is 0.462 e. The molecule has 15 heteroatoms. The molecule has 1 aromatic heterocycles. The van der Waals surface area contributed by atoms with E-state index in [-0.39, 0.29) is 5.75 Å². The zero-order chi connectivity index (χ0) is 27.6. The van der Waals surface area contributed by atoms with Crippen LogP contribution in [0.4, 0.5) is 0 Å². The van der Waals surface area contributed by atoms with Crippen LogP contribution in [0.1, 0.15) is 33.9 Å². The first-order valence-corrected chi connectivity index (χ1v) is 12.8. The van der Waals surface area contributed by atoms with Gasteiger partial charge in [0.15, 0.2) is 6.23 Å². The van der Waals surface area contributed by atoms with E-state index in [0.717, 1.165) is 23.8 Å². The number of para-hydroxylation sites is 1. The summed E-state index contributed by atoms with van der Waals surface area (Å²) in [6, 6.07) is 7.60. The van der Waals surface area contributed by atoms with E-state index >= 15 is 0 Å². The van der Waals surface area contributed by atoms with Crippen LogP contribution in [-0.2, 0) is 23.4 Å². The molecule has 37 heavy (non-hydrogen) atoms. The first kappa shape index (κ1) is 28.7. The van der Waals surface area contributed by atoms with Gasteiger partial charge >= 0.3 is 19.4 Å². The van der Waals surface area contributed by atoms with Crippen LogP contribution in [0.15, 0.2) is 52.2 Å². The van der Waals surface area contributed by atoms with Crippen LogP contribution in [0.25, 0.3) is 0 Å². The van der Waals surface area contributed by atoms with Crippen molar-refractivity contribution in [2.75, 3.05) is 6.61 Å². The summed E-state index contributed by atoms with van der Waals surface area (Å²) in [6.07, 6.45) is -3.21. The normalized spacial score (nSPS) is 28.0. The second-order valence-electron chi connectivity index (χ2n) is 8.97. The third-order valence-corrected chi connectivity index (χ3v) is 6.99. The minimum atomic E-state index is -4.47. The summed E-state index contributed by atoms with van der Waals surface area (Å²) in [5, 5.41) is 35.0. The van der Waals surface area contributed by atoms with E-state index in [9.17, 15) is 34.3 Å². The fraction of sp³-hybridized carbons (Fsp3) is 0.500. The average Bonchev–Trinajstić information content (AvgIpc) is 2.98. The van der Waals surface area contributed by atoms with Gasteiger partial charge < -0.3 is 29.3 Å². The predicted molar refractivity (Wildman–Crippen MR) is 127 cm³/mol. The third kappa shape index (κ3) is 6.54. The molecule has 14 nitrogen and oxygen atoms in total. The Morgan fingerprint density at radius 1 is 1.22 bits per heavy atom. The fourth-order valence-corrected chi connectivity index (χ4v) is 5.06. The lowest BCUT2D eigenvalue weighted by atomic mass is 9.94. The number of aliphatic hydroxyl groups excluding tert-OH is 1. The Balaban J connectivity index is 1.86. The van der Waals surface area contributed by atoms with Crippen molar-refractivity contribution in [3.05, 3.63) is 63.4 Å². The van der Waals surface area contributed by atoms with Gasteiger partial charge in [0.1, 0.15) is 30.1 Å². The van der Waals surface area contributed by atoms with E-state index in [0.29, 0.717) is 0 Å². The molecule has 1 aromatic carbocycles. The first-order chi connectivity index (χ1) is 17.2. The highest BCUT2D eigenvalue weighted by Crippen LogP contribution is 2.49. The number of carbonyl (C=O) groups excluding carboxylic acids is 1. The molecule has 0 amide bonds. The van der Waals surface area contributed by atoms with E-state index in [1.165, 1.54) is 19.1 Å². The maximum Gasteiger partial charge on any atom is 0.459 e. The van der Waals surface area contributed by atoms with Crippen molar-refractivity contribution >= 4 is 13.7 Å². The van der Waals surface area contributed by atoms with Crippen molar-refractivity contribution in [3.63, 3.8) is 0 Å². The van der Waals surface area contributed by atoms with Gasteiger partial charge in [0.25, 0.3) is 5.56 Å². The lowest BCUT2D eigenvalue weighted by Gasteiger charge is -2.30. The summed E-state index contributed by atoms with van der Waals surface area (Å²) < 4.78 is 35.7. The molecule has 0 spiro atoms. The standard InChI is InChI=1S/C22H30N3O11P/c1-13(2)34-17(27)14(3)24-37(32,36-15-8-6-5-7-9-15)33-12-22(31)18(28)21(4,30)19(35-22)25-11-10-16(26)23-20(25)29/h5-11,13-14,18-19,28,30-31H,12H2,1-4H3,(H,24,32)(H,23,26,29)/t14?,18-,19+,21+,22+,37+/m0/s1. The van der Waals surface area contributed by atoms with Gasteiger partial charge in [0, 0.05) is 12.3 Å². The third-order valence-electron chi connectivity index (χ3n) is 5.37. The average molecular weight is 543 g/mol. The van der Waals surface area contributed by atoms with Crippen LogP contribution >= 0.6 is 7.75 Å². The monoisotopic (exact) mass is 543 g/mol. The van der Waals surface area contributed by atoms with Gasteiger partial charge in [0.05, 0.1) is 6.10 Å². The number of ether oxygens (including phenoxy) is 2. The molecule has 1 saturated heterocycles. The first-order valence-electron chi connectivity index (χ1n) is 11.3. The van der Waals surface area contributed by atoms with Crippen LogP contribution in [-0.4, -0.2) is 67.1 Å².